The van der Waals surface area contributed by atoms with E-state index in [1.807, 2.05) is 0 Å². The number of hydrogen-bond acceptors (Lipinski definition) is 5. The molecular formula is C32H63ClN2O6. The van der Waals surface area contributed by atoms with E-state index >= 15 is 0 Å². The molecule has 244 valence electrons. The molecule has 0 spiro atoms. The summed E-state index contributed by atoms with van der Waals surface area (Å²) in [6.45, 7) is 13.6. The van der Waals surface area contributed by atoms with Crippen molar-refractivity contribution >= 4 is 34.7 Å². The molecule has 0 bridgehead atoms. The smallest absolute Gasteiger partial charge is 0.303 e. The summed E-state index contributed by atoms with van der Waals surface area (Å²) in [6, 6.07) is 0. The van der Waals surface area contributed by atoms with Crippen molar-refractivity contribution in [3.63, 3.8) is 0 Å². The molecule has 8 nitrogen and oxygen atoms in total. The quantitative estimate of drug-likeness (QED) is 0.0685. The van der Waals surface area contributed by atoms with Crippen LogP contribution in [0.1, 0.15) is 144 Å². The number of amides is 1. The zero-order valence-electron chi connectivity index (χ0n) is 27.0. The summed E-state index contributed by atoms with van der Waals surface area (Å²) in [4.78, 5) is 43.0. The van der Waals surface area contributed by atoms with Gasteiger partial charge in [-0.1, -0.05) is 92.9 Å². The van der Waals surface area contributed by atoms with Crippen LogP contribution in [0, 0.1) is 23.7 Å². The molecule has 0 aromatic rings. The Morgan fingerprint density at radius 2 is 1.10 bits per heavy atom. The van der Waals surface area contributed by atoms with Crippen molar-refractivity contribution < 1.29 is 29.4 Å². The molecule has 1 amide bonds. The molecule has 0 aliphatic carbocycles. The second-order valence-electron chi connectivity index (χ2n) is 11.9. The third-order valence-electron chi connectivity index (χ3n) is 6.44. The van der Waals surface area contributed by atoms with Crippen molar-refractivity contribution in [2.45, 2.75) is 144 Å². The first kappa shape index (κ1) is 43.8. The second-order valence-corrected chi connectivity index (χ2v) is 12.3. The van der Waals surface area contributed by atoms with E-state index < -0.39 is 11.9 Å². The van der Waals surface area contributed by atoms with E-state index in [0.717, 1.165) is 38.5 Å². The molecule has 0 aromatic heterocycles. The van der Waals surface area contributed by atoms with Crippen LogP contribution in [0.4, 0.5) is 0 Å². The number of carboxylic acids is 2. The Hall–Kier alpha value is -1.67. The average Bonchev–Trinajstić information content (AvgIpc) is 2.86. The third-order valence-corrected chi connectivity index (χ3v) is 6.63. The Kier molecular flexibility index (Phi) is 33.4. The van der Waals surface area contributed by atoms with Crippen molar-refractivity contribution in [3.05, 3.63) is 0 Å². The summed E-state index contributed by atoms with van der Waals surface area (Å²) >= 11 is 5.15. The summed E-state index contributed by atoms with van der Waals surface area (Å²) in [7, 11) is 0. The molecule has 0 fully saturated rings. The minimum Gasteiger partial charge on any atom is -0.481 e. The maximum Gasteiger partial charge on any atom is 0.303 e. The van der Waals surface area contributed by atoms with E-state index in [1.54, 1.807) is 0 Å². The van der Waals surface area contributed by atoms with Crippen LogP contribution >= 0.6 is 11.6 Å². The molecular weight excluding hydrogens is 544 g/mol. The van der Waals surface area contributed by atoms with E-state index in [2.05, 4.69) is 46.9 Å². The second kappa shape index (κ2) is 31.3. The number of halogens is 1. The molecule has 9 heteroatoms. The number of aliphatic carboxylic acids is 2. The fourth-order valence-corrected chi connectivity index (χ4v) is 4.57. The van der Waals surface area contributed by atoms with E-state index in [9.17, 15) is 19.2 Å². The SMILES string of the molecule is CC(C)C[C@H](CN)CC(=O)O.CCCCCCCC(=O)Cl.CCCCCCCC(=O)NC[C@H](CC(=O)O)CC(C)C. The van der Waals surface area contributed by atoms with Gasteiger partial charge < -0.3 is 21.3 Å². The average molecular weight is 607 g/mol. The van der Waals surface area contributed by atoms with Crippen LogP contribution in [0.3, 0.4) is 0 Å². The first-order chi connectivity index (χ1) is 19.3. The highest BCUT2D eigenvalue weighted by atomic mass is 35.5. The molecule has 0 heterocycles. The number of carbonyl (C=O) groups excluding carboxylic acids is 2. The van der Waals surface area contributed by atoms with Gasteiger partial charge in [-0.05, 0) is 67.5 Å². The van der Waals surface area contributed by atoms with Gasteiger partial charge in [0, 0.05) is 32.2 Å². The monoisotopic (exact) mass is 606 g/mol. The highest BCUT2D eigenvalue weighted by molar-refractivity contribution is 6.63. The van der Waals surface area contributed by atoms with Crippen LogP contribution in [-0.2, 0) is 19.2 Å². The van der Waals surface area contributed by atoms with Gasteiger partial charge >= 0.3 is 11.9 Å². The Morgan fingerprint density at radius 3 is 1.49 bits per heavy atom. The van der Waals surface area contributed by atoms with E-state index in [4.69, 9.17) is 27.5 Å². The molecule has 0 radical (unpaired) electrons. The predicted octanol–water partition coefficient (Wildman–Crippen LogP) is 7.79. The molecule has 2 atom stereocenters. The van der Waals surface area contributed by atoms with Crippen LogP contribution in [0.15, 0.2) is 0 Å². The minimum atomic E-state index is -0.788. The van der Waals surface area contributed by atoms with Crippen LogP contribution in [0.5, 0.6) is 0 Å². The number of carbonyl (C=O) groups is 4. The maximum absolute atomic E-state index is 11.7. The molecule has 0 aromatic carbocycles. The molecule has 41 heavy (non-hydrogen) atoms. The Balaban J connectivity index is -0.000000581. The normalized spacial score (nSPS) is 12.0. The van der Waals surface area contributed by atoms with Gasteiger partial charge in [0.05, 0.1) is 0 Å². The van der Waals surface area contributed by atoms with Crippen molar-refractivity contribution in [1.82, 2.24) is 5.32 Å². The predicted molar refractivity (Wildman–Crippen MR) is 170 cm³/mol. The van der Waals surface area contributed by atoms with Gasteiger partial charge in [0.2, 0.25) is 11.1 Å². The molecule has 0 unspecified atom stereocenters. The Labute approximate surface area is 255 Å². The number of unbranched alkanes of at least 4 members (excludes halogenated alkanes) is 8. The number of hydrogen-bond donors (Lipinski definition) is 4. The number of nitrogens with two attached hydrogens (primary N) is 1. The van der Waals surface area contributed by atoms with Gasteiger partial charge in [0.1, 0.15) is 0 Å². The fourth-order valence-electron chi connectivity index (χ4n) is 4.43. The third kappa shape index (κ3) is 40.5. The summed E-state index contributed by atoms with van der Waals surface area (Å²) in [5.41, 5.74) is 5.41. The molecule has 0 saturated carbocycles. The lowest BCUT2D eigenvalue weighted by Crippen LogP contribution is -2.30. The van der Waals surface area contributed by atoms with Gasteiger partial charge in [0.25, 0.3) is 0 Å². The maximum atomic E-state index is 11.7. The van der Waals surface area contributed by atoms with Crippen LogP contribution in [0.25, 0.3) is 0 Å². The van der Waals surface area contributed by atoms with Crippen LogP contribution in [0.2, 0.25) is 0 Å². The highest BCUT2D eigenvalue weighted by Gasteiger charge is 2.16. The van der Waals surface area contributed by atoms with Gasteiger partial charge in [-0.2, -0.15) is 0 Å². The zero-order chi connectivity index (χ0) is 32.1. The minimum absolute atomic E-state index is 0.0385. The lowest BCUT2D eigenvalue weighted by molar-refractivity contribution is -0.139. The van der Waals surface area contributed by atoms with Crippen molar-refractivity contribution in [1.29, 1.82) is 0 Å². The summed E-state index contributed by atoms with van der Waals surface area (Å²) in [6.07, 6.45) is 14.7. The van der Waals surface area contributed by atoms with Crippen molar-refractivity contribution in [3.8, 4) is 0 Å². The van der Waals surface area contributed by atoms with E-state index in [1.165, 1.54) is 38.5 Å². The van der Waals surface area contributed by atoms with Gasteiger partial charge in [-0.3, -0.25) is 19.2 Å². The zero-order valence-corrected chi connectivity index (χ0v) is 27.8. The topological polar surface area (TPSA) is 147 Å². The fraction of sp³-hybridized carbons (Fsp3) is 0.875. The van der Waals surface area contributed by atoms with Crippen molar-refractivity contribution in [2.24, 2.45) is 29.4 Å². The van der Waals surface area contributed by atoms with Gasteiger partial charge in [-0.25, -0.2) is 0 Å². The molecule has 0 aliphatic rings. The standard InChI is InChI=1S/C16H31NO3.C8H15ClO.C8H17NO2/c1-4-5-6-7-8-9-15(18)17-12-14(10-13(2)3)11-16(19)20;1-2-3-4-5-6-7-8(9)10;1-6(2)3-7(5-9)4-8(10)11/h13-14H,4-12H2,1-3H3,(H,17,18)(H,19,20);2-7H2,1H3;6-7H,3-5,9H2,1-2H3,(H,10,11)/t14-;;7-/m0.0/s1. The van der Waals surface area contributed by atoms with Crippen LogP contribution < -0.4 is 11.1 Å². The first-order valence-corrected chi connectivity index (χ1v) is 16.2. The largest absolute Gasteiger partial charge is 0.481 e. The first-order valence-electron chi connectivity index (χ1n) is 15.9. The lowest BCUT2D eigenvalue weighted by Gasteiger charge is -2.17. The van der Waals surface area contributed by atoms with Crippen molar-refractivity contribution in [2.75, 3.05) is 13.1 Å². The molecule has 0 aliphatic heterocycles. The number of carboxylic acid groups (broad SMARTS) is 2. The molecule has 0 rings (SSSR count). The lowest BCUT2D eigenvalue weighted by atomic mass is 9.94. The number of nitrogens with one attached hydrogen (secondary N) is 1. The highest BCUT2D eigenvalue weighted by Crippen LogP contribution is 2.15. The number of rotatable bonds is 23. The van der Waals surface area contributed by atoms with E-state index in [0.29, 0.717) is 37.8 Å². The summed E-state index contributed by atoms with van der Waals surface area (Å²) in [5.74, 6) is -0.316. The van der Waals surface area contributed by atoms with Crippen LogP contribution in [-0.4, -0.2) is 46.4 Å². The summed E-state index contributed by atoms with van der Waals surface area (Å²) in [5, 5.41) is 20.0. The van der Waals surface area contributed by atoms with Gasteiger partial charge in [0.15, 0.2) is 0 Å². The Bertz CT molecular complexity index is 658. The Morgan fingerprint density at radius 1 is 0.683 bits per heavy atom. The van der Waals surface area contributed by atoms with Gasteiger partial charge in [-0.15, -0.1) is 0 Å². The van der Waals surface area contributed by atoms with E-state index in [-0.39, 0.29) is 35.8 Å². The molecule has 5 N–H and O–H groups in total. The summed E-state index contributed by atoms with van der Waals surface area (Å²) < 4.78 is 0. The molecule has 0 saturated heterocycles.